The summed E-state index contributed by atoms with van der Waals surface area (Å²) in [6.45, 7) is 8.33. The molecule has 0 aromatic heterocycles. The Hall–Kier alpha value is -2.69. The minimum absolute atomic E-state index is 0.0557. The summed E-state index contributed by atoms with van der Waals surface area (Å²) in [5.74, 6) is 0.523. The van der Waals surface area contributed by atoms with Crippen molar-refractivity contribution in [3.8, 4) is 6.07 Å². The maximum atomic E-state index is 14.0. The third-order valence-corrected chi connectivity index (χ3v) is 10.2. The molecule has 5 rings (SSSR count). The second-order valence-electron chi connectivity index (χ2n) is 11.4. The number of ketones is 1. The Kier molecular flexibility index (Phi) is 8.38. The molecule has 1 atom stereocenters. The molecule has 0 saturated heterocycles. The van der Waals surface area contributed by atoms with Crippen molar-refractivity contribution < 1.29 is 4.79 Å². The number of benzene rings is 3. The molecule has 0 amide bonds. The normalized spacial score (nSPS) is 18.4. The molecule has 0 fully saturated rings. The van der Waals surface area contributed by atoms with Gasteiger partial charge in [-0.1, -0.05) is 61.3 Å². The first kappa shape index (κ1) is 29.8. The Bertz CT molecular complexity index is 1690. The largest absolute Gasteiger partial charge is 0.384 e. The number of carbonyl (C=O) groups is 1. The van der Waals surface area contributed by atoms with Crippen molar-refractivity contribution in [2.45, 2.75) is 57.1 Å². The first-order chi connectivity index (χ1) is 19.4. The molecule has 1 unspecified atom stereocenters. The summed E-state index contributed by atoms with van der Waals surface area (Å²) in [7, 11) is 0. The van der Waals surface area contributed by atoms with Gasteiger partial charge < -0.3 is 5.73 Å². The molecule has 0 saturated carbocycles. The molecule has 1 heterocycles. The predicted octanol–water partition coefficient (Wildman–Crippen LogP) is 9.61. The van der Waals surface area contributed by atoms with Crippen molar-refractivity contribution in [2.24, 2.45) is 11.1 Å². The number of hydrogen-bond acceptors (Lipinski definition) is 5. The molecule has 4 nitrogen and oxygen atoms in total. The van der Waals surface area contributed by atoms with Gasteiger partial charge in [0.15, 0.2) is 5.78 Å². The number of carbonyl (C=O) groups excluding carboxylic acids is 1. The van der Waals surface area contributed by atoms with Crippen molar-refractivity contribution in [3.05, 3.63) is 114 Å². The highest BCUT2D eigenvalue weighted by molar-refractivity contribution is 9.10. The van der Waals surface area contributed by atoms with E-state index < -0.39 is 5.92 Å². The summed E-state index contributed by atoms with van der Waals surface area (Å²) in [6.07, 6.45) is 1.07. The van der Waals surface area contributed by atoms with E-state index in [-0.39, 0.29) is 11.2 Å². The number of nitrogens with zero attached hydrogens (tertiary/aromatic N) is 2. The van der Waals surface area contributed by atoms with Gasteiger partial charge in [-0.15, -0.1) is 11.8 Å². The van der Waals surface area contributed by atoms with E-state index in [9.17, 15) is 10.1 Å². The minimum Gasteiger partial charge on any atom is -0.384 e. The van der Waals surface area contributed by atoms with E-state index in [0.717, 1.165) is 43.0 Å². The van der Waals surface area contributed by atoms with Gasteiger partial charge in [-0.25, -0.2) is 0 Å². The first-order valence-corrected chi connectivity index (χ1v) is 15.8. The monoisotopic (exact) mass is 665 g/mol. The lowest BCUT2D eigenvalue weighted by Gasteiger charge is -2.44. The number of halogens is 3. The van der Waals surface area contributed by atoms with Gasteiger partial charge in [0, 0.05) is 37.8 Å². The van der Waals surface area contributed by atoms with Gasteiger partial charge in [0.2, 0.25) is 0 Å². The Morgan fingerprint density at radius 1 is 1.10 bits per heavy atom. The molecule has 0 radical (unpaired) electrons. The average Bonchev–Trinajstić information content (AvgIpc) is 2.89. The summed E-state index contributed by atoms with van der Waals surface area (Å²) < 4.78 is 0.840. The molecule has 0 spiro atoms. The van der Waals surface area contributed by atoms with Crippen LogP contribution in [0.5, 0.6) is 0 Å². The second-order valence-corrected chi connectivity index (χ2v) is 14.1. The van der Waals surface area contributed by atoms with Crippen molar-refractivity contribution in [1.82, 2.24) is 0 Å². The number of nitrogens with two attached hydrogens (primary N) is 1. The molecule has 3 aromatic carbocycles. The summed E-state index contributed by atoms with van der Waals surface area (Å²) in [5, 5.41) is 11.8. The zero-order chi connectivity index (χ0) is 29.6. The summed E-state index contributed by atoms with van der Waals surface area (Å²) >= 11 is 17.9. The van der Waals surface area contributed by atoms with Crippen molar-refractivity contribution in [1.29, 1.82) is 5.26 Å². The topological polar surface area (TPSA) is 70.1 Å². The zero-order valence-corrected chi connectivity index (χ0v) is 27.2. The number of thioether (sulfide) groups is 1. The van der Waals surface area contributed by atoms with E-state index in [4.69, 9.17) is 28.9 Å². The van der Waals surface area contributed by atoms with E-state index in [0.29, 0.717) is 45.6 Å². The van der Waals surface area contributed by atoms with Crippen LogP contribution in [0.25, 0.3) is 0 Å². The lowest BCUT2D eigenvalue weighted by atomic mass is 9.68. The molecule has 210 valence electrons. The van der Waals surface area contributed by atoms with Crippen LogP contribution in [0.15, 0.2) is 86.6 Å². The number of hydrogen-bond donors (Lipinski definition) is 1. The Balaban J connectivity index is 1.67. The van der Waals surface area contributed by atoms with Crippen LogP contribution in [0.2, 0.25) is 10.0 Å². The van der Waals surface area contributed by atoms with E-state index in [1.165, 1.54) is 0 Å². The Labute approximate surface area is 264 Å². The van der Waals surface area contributed by atoms with Crippen LogP contribution in [0, 0.1) is 30.6 Å². The summed E-state index contributed by atoms with van der Waals surface area (Å²) in [4.78, 5) is 16.8. The van der Waals surface area contributed by atoms with E-state index in [1.54, 1.807) is 23.9 Å². The van der Waals surface area contributed by atoms with Crippen LogP contribution < -0.4 is 10.6 Å². The lowest BCUT2D eigenvalue weighted by molar-refractivity contribution is -0.118. The summed E-state index contributed by atoms with van der Waals surface area (Å²) in [5.41, 5.74) is 13.5. The quantitative estimate of drug-likeness (QED) is 0.275. The highest BCUT2D eigenvalue weighted by Crippen LogP contribution is 2.51. The molecule has 3 aromatic rings. The number of nitriles is 1. The second kappa shape index (κ2) is 11.5. The summed E-state index contributed by atoms with van der Waals surface area (Å²) in [6, 6.07) is 19.9. The fourth-order valence-electron chi connectivity index (χ4n) is 5.85. The van der Waals surface area contributed by atoms with E-state index >= 15 is 0 Å². The predicted molar refractivity (Wildman–Crippen MR) is 173 cm³/mol. The molecule has 8 heteroatoms. The number of allylic oxidation sites excluding steroid dienone is 3. The number of anilines is 1. The van der Waals surface area contributed by atoms with Gasteiger partial charge in [0.1, 0.15) is 5.82 Å². The van der Waals surface area contributed by atoms with Gasteiger partial charge >= 0.3 is 0 Å². The third kappa shape index (κ3) is 5.70. The van der Waals surface area contributed by atoms with Crippen LogP contribution in [0.4, 0.5) is 5.69 Å². The van der Waals surface area contributed by atoms with Gasteiger partial charge in [-0.2, -0.15) is 5.26 Å². The van der Waals surface area contributed by atoms with Crippen LogP contribution in [0.3, 0.4) is 0 Å². The molecule has 1 aliphatic heterocycles. The van der Waals surface area contributed by atoms with Gasteiger partial charge in [-0.05, 0) is 94.2 Å². The molecule has 2 N–H and O–H groups in total. The lowest BCUT2D eigenvalue weighted by Crippen LogP contribution is -2.42. The van der Waals surface area contributed by atoms with E-state index in [1.807, 2.05) is 42.2 Å². The molecule has 1 aliphatic carbocycles. The zero-order valence-electron chi connectivity index (χ0n) is 23.3. The van der Waals surface area contributed by atoms with Crippen molar-refractivity contribution >= 4 is 62.4 Å². The van der Waals surface area contributed by atoms with E-state index in [2.05, 4.69) is 54.9 Å². The number of Topliss-reactive ketones (excluding diaryl/α,β-unsaturated/α-hetero) is 1. The third-order valence-electron chi connectivity index (χ3n) is 7.79. The maximum absolute atomic E-state index is 14.0. The first-order valence-electron chi connectivity index (χ1n) is 13.3. The standard InChI is InChI=1S/C33H30BrCl2N3OS/c1-18-11-19(2)22(12-20(18)17-41-29-13-21(35)9-10-25(29)36)30-23(16-37)32(38)39(26-8-6-5-7-24(26)34)27-14-33(3,4)15-28(40)31(27)30/h5-13,30H,14-15,17,38H2,1-4H3. The fraction of sp³-hybridized carbons (Fsp3) is 0.273. The van der Waals surface area contributed by atoms with Crippen molar-refractivity contribution in [2.75, 3.05) is 4.90 Å². The van der Waals surface area contributed by atoms with Gasteiger partial charge in [0.25, 0.3) is 0 Å². The van der Waals surface area contributed by atoms with Gasteiger partial charge in [-0.3, -0.25) is 9.69 Å². The van der Waals surface area contributed by atoms with Crippen molar-refractivity contribution in [3.63, 3.8) is 0 Å². The van der Waals surface area contributed by atoms with Gasteiger partial charge in [0.05, 0.1) is 28.3 Å². The maximum Gasteiger partial charge on any atom is 0.162 e. The SMILES string of the molecule is Cc1cc(C)c(C2C(C#N)=C(N)N(c3ccccc3Br)C3=C2C(=O)CC(C)(C)C3)cc1CSc1cc(Cl)ccc1Cl. The Morgan fingerprint density at radius 3 is 2.54 bits per heavy atom. The minimum atomic E-state index is -0.545. The highest BCUT2D eigenvalue weighted by Gasteiger charge is 2.45. The highest BCUT2D eigenvalue weighted by atomic mass is 79.9. The molecular formula is C33H30BrCl2N3OS. The fourth-order valence-corrected chi connectivity index (χ4v) is 7.87. The molecular weight excluding hydrogens is 637 g/mol. The van der Waals surface area contributed by atoms with Crippen LogP contribution >= 0.6 is 50.9 Å². The number of aryl methyl sites for hydroxylation is 2. The number of para-hydroxylation sites is 1. The van der Waals surface area contributed by atoms with Crippen LogP contribution in [0.1, 0.15) is 54.9 Å². The molecule has 0 bridgehead atoms. The number of rotatable bonds is 5. The van der Waals surface area contributed by atoms with Crippen LogP contribution in [-0.4, -0.2) is 5.78 Å². The average molecular weight is 668 g/mol. The molecule has 41 heavy (non-hydrogen) atoms. The smallest absolute Gasteiger partial charge is 0.162 e. The van der Waals surface area contributed by atoms with Crippen LogP contribution in [-0.2, 0) is 10.5 Å². The Morgan fingerprint density at radius 2 is 1.83 bits per heavy atom. The molecule has 2 aliphatic rings.